The van der Waals surface area contributed by atoms with Crippen LogP contribution in [0.3, 0.4) is 0 Å². The number of esters is 2. The molecular weight excluding hydrogens is 432 g/mol. The number of hydrogen-bond acceptors (Lipinski definition) is 6. The second-order valence-electron chi connectivity index (χ2n) is 8.78. The minimum atomic E-state index is -0.253. The average molecular weight is 471 g/mol. The monoisotopic (exact) mass is 470 g/mol. The Labute approximate surface area is 203 Å². The van der Waals surface area contributed by atoms with E-state index in [9.17, 15) is 9.59 Å². The van der Waals surface area contributed by atoms with E-state index in [1.54, 1.807) is 14.2 Å². The summed E-state index contributed by atoms with van der Waals surface area (Å²) in [4.78, 5) is 23.7. The summed E-state index contributed by atoms with van der Waals surface area (Å²) in [5.41, 5.74) is 2.25. The third-order valence-electron chi connectivity index (χ3n) is 5.90. The van der Waals surface area contributed by atoms with Gasteiger partial charge >= 0.3 is 11.9 Å². The van der Waals surface area contributed by atoms with Gasteiger partial charge in [-0.25, -0.2) is 0 Å². The van der Waals surface area contributed by atoms with Crippen LogP contribution in [0.2, 0.25) is 0 Å². The molecule has 0 N–H and O–H groups in total. The molecule has 2 aromatic carbocycles. The molecule has 0 saturated heterocycles. The van der Waals surface area contributed by atoms with E-state index in [2.05, 4.69) is 13.8 Å². The topological polar surface area (TPSA) is 71.1 Å². The molecule has 2 atom stereocenters. The number of hydrogen-bond donors (Lipinski definition) is 0. The van der Waals surface area contributed by atoms with Crippen molar-refractivity contribution in [3.8, 4) is 23.0 Å². The lowest BCUT2D eigenvalue weighted by atomic mass is 9.85. The highest BCUT2D eigenvalue weighted by Gasteiger charge is 2.18. The number of rotatable bonds is 13. The molecule has 0 saturated carbocycles. The largest absolute Gasteiger partial charge is 0.493 e. The highest BCUT2D eigenvalue weighted by molar-refractivity contribution is 5.73. The Morgan fingerprint density at radius 3 is 1.38 bits per heavy atom. The molecule has 2 rings (SSSR count). The van der Waals surface area contributed by atoms with Gasteiger partial charge < -0.3 is 18.9 Å². The Hall–Kier alpha value is -3.02. The Balaban J connectivity index is 2.03. The van der Waals surface area contributed by atoms with Gasteiger partial charge in [0.25, 0.3) is 0 Å². The van der Waals surface area contributed by atoms with Gasteiger partial charge in [0.1, 0.15) is 0 Å². The summed E-state index contributed by atoms with van der Waals surface area (Å²) in [6, 6.07) is 11.5. The van der Waals surface area contributed by atoms with Crippen LogP contribution in [0, 0.1) is 11.8 Å². The summed E-state index contributed by atoms with van der Waals surface area (Å²) in [7, 11) is 3.16. The van der Waals surface area contributed by atoms with Crippen LogP contribution in [-0.4, -0.2) is 26.2 Å². The molecule has 0 fully saturated rings. The van der Waals surface area contributed by atoms with Gasteiger partial charge in [-0.1, -0.05) is 39.8 Å². The Kier molecular flexibility index (Phi) is 10.9. The lowest BCUT2D eigenvalue weighted by Crippen LogP contribution is -2.14. The van der Waals surface area contributed by atoms with E-state index in [1.165, 1.54) is 0 Å². The van der Waals surface area contributed by atoms with E-state index in [4.69, 9.17) is 18.9 Å². The number of carbonyl (C=O) groups excluding carboxylic acids is 2. The third kappa shape index (κ3) is 8.08. The molecule has 0 unspecified atom stereocenters. The standard InChI is InChI=1S/C28H38O6/c1-7-9-27(29)33-23-13-11-21(17-25(23)31-5)15-19(3)20(4)16-22-12-14-24(26(18-22)32-6)34-28(30)10-8-2/h11-14,17-20H,7-10,15-16H2,1-6H3/t19-,20+. The fourth-order valence-corrected chi connectivity index (χ4v) is 3.75. The first kappa shape index (κ1) is 27.2. The van der Waals surface area contributed by atoms with Crippen molar-refractivity contribution in [2.75, 3.05) is 14.2 Å². The van der Waals surface area contributed by atoms with Gasteiger partial charge in [0, 0.05) is 12.8 Å². The fourth-order valence-electron chi connectivity index (χ4n) is 3.75. The Morgan fingerprint density at radius 1 is 0.676 bits per heavy atom. The fraction of sp³-hybridized carbons (Fsp3) is 0.500. The highest BCUT2D eigenvalue weighted by Crippen LogP contribution is 2.32. The molecule has 0 aromatic heterocycles. The second kappa shape index (κ2) is 13.6. The molecule has 34 heavy (non-hydrogen) atoms. The van der Waals surface area contributed by atoms with Crippen LogP contribution < -0.4 is 18.9 Å². The molecule has 186 valence electrons. The van der Waals surface area contributed by atoms with Gasteiger partial charge in [-0.15, -0.1) is 0 Å². The van der Waals surface area contributed by atoms with Gasteiger partial charge in [0.2, 0.25) is 0 Å². The second-order valence-corrected chi connectivity index (χ2v) is 8.78. The number of benzene rings is 2. The molecule has 0 radical (unpaired) electrons. The number of methoxy groups -OCH3 is 2. The van der Waals surface area contributed by atoms with Crippen LogP contribution in [0.5, 0.6) is 23.0 Å². The van der Waals surface area contributed by atoms with Gasteiger partial charge in [-0.2, -0.15) is 0 Å². The van der Waals surface area contributed by atoms with Crippen molar-refractivity contribution >= 4 is 11.9 Å². The van der Waals surface area contributed by atoms with Crippen LogP contribution in [0.25, 0.3) is 0 Å². The first-order valence-electron chi connectivity index (χ1n) is 12.1. The Morgan fingerprint density at radius 2 is 1.06 bits per heavy atom. The summed E-state index contributed by atoms with van der Waals surface area (Å²) in [5, 5.41) is 0. The van der Waals surface area contributed by atoms with Crippen LogP contribution in [-0.2, 0) is 22.4 Å². The molecule has 0 aliphatic rings. The van der Waals surface area contributed by atoms with Crippen molar-refractivity contribution in [1.82, 2.24) is 0 Å². The van der Waals surface area contributed by atoms with Gasteiger partial charge in [0.05, 0.1) is 14.2 Å². The van der Waals surface area contributed by atoms with Crippen LogP contribution in [0.15, 0.2) is 36.4 Å². The maximum Gasteiger partial charge on any atom is 0.311 e. The van der Waals surface area contributed by atoms with Crippen molar-refractivity contribution in [2.45, 2.75) is 66.2 Å². The quantitative estimate of drug-likeness (QED) is 0.257. The van der Waals surface area contributed by atoms with E-state index in [0.717, 1.165) is 36.8 Å². The maximum atomic E-state index is 11.8. The normalized spacial score (nSPS) is 12.5. The van der Waals surface area contributed by atoms with E-state index >= 15 is 0 Å². The zero-order valence-corrected chi connectivity index (χ0v) is 21.3. The molecule has 6 heteroatoms. The minimum Gasteiger partial charge on any atom is -0.493 e. The zero-order chi connectivity index (χ0) is 25.1. The first-order valence-corrected chi connectivity index (χ1v) is 12.1. The molecule has 6 nitrogen and oxygen atoms in total. The number of carbonyl (C=O) groups is 2. The molecule has 0 spiro atoms. The van der Waals surface area contributed by atoms with E-state index < -0.39 is 0 Å². The van der Waals surface area contributed by atoms with Gasteiger partial charge in [-0.05, 0) is 72.9 Å². The first-order chi connectivity index (χ1) is 16.3. The van der Waals surface area contributed by atoms with E-state index in [0.29, 0.717) is 47.7 Å². The molecular formula is C28H38O6. The minimum absolute atomic E-state index is 0.253. The van der Waals surface area contributed by atoms with Gasteiger partial charge in [0.15, 0.2) is 23.0 Å². The van der Waals surface area contributed by atoms with Crippen molar-refractivity contribution in [3.05, 3.63) is 47.5 Å². The smallest absolute Gasteiger partial charge is 0.311 e. The highest BCUT2D eigenvalue weighted by atomic mass is 16.6. The van der Waals surface area contributed by atoms with E-state index in [1.807, 2.05) is 50.2 Å². The predicted molar refractivity (Wildman–Crippen MR) is 133 cm³/mol. The molecule has 0 bridgehead atoms. The predicted octanol–water partition coefficient (Wildman–Crippen LogP) is 6.17. The molecule has 0 aliphatic heterocycles. The van der Waals surface area contributed by atoms with Crippen molar-refractivity contribution in [2.24, 2.45) is 11.8 Å². The van der Waals surface area contributed by atoms with E-state index in [-0.39, 0.29) is 11.9 Å². The molecule has 0 heterocycles. The summed E-state index contributed by atoms with van der Waals surface area (Å²) in [6.45, 7) is 8.34. The maximum absolute atomic E-state index is 11.8. The SMILES string of the molecule is CCCC(=O)Oc1ccc(C[C@@H](C)[C@@H](C)Cc2ccc(OC(=O)CCC)c(OC)c2)cc1OC. The summed E-state index contributed by atoms with van der Waals surface area (Å²) in [5.74, 6) is 2.33. The van der Waals surface area contributed by atoms with Crippen molar-refractivity contribution in [3.63, 3.8) is 0 Å². The molecule has 0 aliphatic carbocycles. The summed E-state index contributed by atoms with van der Waals surface area (Å²) < 4.78 is 21.8. The third-order valence-corrected chi connectivity index (χ3v) is 5.90. The zero-order valence-electron chi connectivity index (χ0n) is 21.3. The van der Waals surface area contributed by atoms with Crippen molar-refractivity contribution in [1.29, 1.82) is 0 Å². The average Bonchev–Trinajstić information content (AvgIpc) is 2.81. The van der Waals surface area contributed by atoms with Crippen LogP contribution in [0.4, 0.5) is 0 Å². The molecule has 2 aromatic rings. The van der Waals surface area contributed by atoms with Crippen LogP contribution in [0.1, 0.15) is 64.5 Å². The summed E-state index contributed by atoms with van der Waals surface area (Å²) in [6.07, 6.45) is 3.98. The molecule has 0 amide bonds. The number of ether oxygens (including phenoxy) is 4. The Bertz CT molecular complexity index is 874. The van der Waals surface area contributed by atoms with Crippen molar-refractivity contribution < 1.29 is 28.5 Å². The lowest BCUT2D eigenvalue weighted by molar-refractivity contribution is -0.135. The summed E-state index contributed by atoms with van der Waals surface area (Å²) >= 11 is 0. The van der Waals surface area contributed by atoms with Crippen LogP contribution >= 0.6 is 0 Å². The lowest BCUT2D eigenvalue weighted by Gasteiger charge is -2.21. The van der Waals surface area contributed by atoms with Gasteiger partial charge in [-0.3, -0.25) is 9.59 Å².